The molecule has 0 bridgehead atoms. The fraction of sp³-hybridized carbons (Fsp3) is 0.500. The average molecular weight is 371 g/mol. The Bertz CT molecular complexity index is 634. The summed E-state index contributed by atoms with van der Waals surface area (Å²) in [6.07, 6.45) is -0.806. The van der Waals surface area contributed by atoms with Crippen molar-refractivity contribution in [2.75, 3.05) is 13.6 Å². The van der Waals surface area contributed by atoms with Gasteiger partial charge in [0.05, 0.1) is 7.11 Å². The van der Waals surface area contributed by atoms with Crippen molar-refractivity contribution in [2.45, 2.75) is 38.8 Å². The van der Waals surface area contributed by atoms with E-state index in [9.17, 15) is 14.0 Å². The molecule has 0 aliphatic heterocycles. The molecule has 0 saturated heterocycles. The minimum atomic E-state index is -1.75. The van der Waals surface area contributed by atoms with Crippen molar-refractivity contribution < 1.29 is 38.2 Å². The molecule has 0 radical (unpaired) electrons. The molecule has 8 nitrogen and oxygen atoms in total. The van der Waals surface area contributed by atoms with Gasteiger partial charge in [-0.3, -0.25) is 0 Å². The Morgan fingerprint density at radius 3 is 2.50 bits per heavy atom. The predicted octanol–water partition coefficient (Wildman–Crippen LogP) is 0.825. The zero-order valence-electron chi connectivity index (χ0n) is 15.1. The summed E-state index contributed by atoms with van der Waals surface area (Å²) in [4.78, 5) is 23.8. The van der Waals surface area contributed by atoms with Crippen LogP contribution in [0, 0.1) is 5.82 Å². The summed E-state index contributed by atoms with van der Waals surface area (Å²) < 4.78 is 28.4. The van der Waals surface area contributed by atoms with Crippen LogP contribution < -0.4 is 10.1 Å². The van der Waals surface area contributed by atoms with E-state index in [0.29, 0.717) is 5.56 Å². The topological polar surface area (TPSA) is 114 Å². The van der Waals surface area contributed by atoms with Crippen LogP contribution in [0.2, 0.25) is 0 Å². The maximum atomic E-state index is 13.7. The van der Waals surface area contributed by atoms with Gasteiger partial charge in [0.2, 0.25) is 0 Å². The van der Waals surface area contributed by atoms with Crippen molar-refractivity contribution in [1.82, 2.24) is 5.32 Å². The molecular formula is C16H23BFNO7. The van der Waals surface area contributed by atoms with Gasteiger partial charge >= 0.3 is 19.2 Å². The zero-order chi connectivity index (χ0) is 19.9. The number of hydrogen-bond donors (Lipinski definition) is 3. The van der Waals surface area contributed by atoms with Crippen LogP contribution in [0.15, 0.2) is 18.2 Å². The molecular weight excluding hydrogens is 348 g/mol. The van der Waals surface area contributed by atoms with E-state index in [2.05, 4.69) is 10.1 Å². The lowest BCUT2D eigenvalue weighted by Crippen LogP contribution is -2.45. The van der Waals surface area contributed by atoms with E-state index in [-0.39, 0.29) is 12.2 Å². The molecule has 1 amide bonds. The molecule has 10 heteroatoms. The van der Waals surface area contributed by atoms with Crippen LogP contribution in [0.4, 0.5) is 9.18 Å². The molecule has 0 heterocycles. The molecule has 0 spiro atoms. The Morgan fingerprint density at radius 2 is 1.96 bits per heavy atom. The summed E-state index contributed by atoms with van der Waals surface area (Å²) in [5.41, 5.74) is -0.285. The summed E-state index contributed by atoms with van der Waals surface area (Å²) in [6, 6.07) is 2.75. The van der Waals surface area contributed by atoms with Gasteiger partial charge in [-0.05, 0) is 38.5 Å². The lowest BCUT2D eigenvalue weighted by atomic mass is 9.95. The number of ether oxygens (including phenoxy) is 3. The number of amides is 1. The summed E-state index contributed by atoms with van der Waals surface area (Å²) in [5.74, 6) is -1.62. The number of benzene rings is 1. The maximum absolute atomic E-state index is 13.7. The van der Waals surface area contributed by atoms with Crippen LogP contribution in [-0.4, -0.2) is 54.5 Å². The van der Waals surface area contributed by atoms with E-state index in [4.69, 9.17) is 19.5 Å². The average Bonchev–Trinajstić information content (AvgIpc) is 2.51. The lowest BCUT2D eigenvalue weighted by Gasteiger charge is -2.22. The molecule has 3 N–H and O–H groups in total. The molecule has 0 saturated carbocycles. The quantitative estimate of drug-likeness (QED) is 0.480. The van der Waals surface area contributed by atoms with Gasteiger partial charge in [-0.15, -0.1) is 0 Å². The van der Waals surface area contributed by atoms with Crippen LogP contribution in [0.5, 0.6) is 5.75 Å². The third-order valence-corrected chi connectivity index (χ3v) is 3.00. The SMILES string of the molecule is COC(=O)[C@H](Cc1ccc(F)c(OCB(O)O)c1)NC(=O)OC(C)(C)C. The Labute approximate surface area is 151 Å². The van der Waals surface area contributed by atoms with Crippen molar-refractivity contribution >= 4 is 19.2 Å². The van der Waals surface area contributed by atoms with Gasteiger partial charge in [-0.25, -0.2) is 14.0 Å². The van der Waals surface area contributed by atoms with Crippen LogP contribution >= 0.6 is 0 Å². The normalized spacial score (nSPS) is 12.1. The maximum Gasteiger partial charge on any atom is 0.491 e. The smallest absolute Gasteiger partial charge is 0.491 e. The van der Waals surface area contributed by atoms with Crippen molar-refractivity contribution in [1.29, 1.82) is 0 Å². The van der Waals surface area contributed by atoms with E-state index in [1.54, 1.807) is 20.8 Å². The first-order valence-corrected chi connectivity index (χ1v) is 7.86. The van der Waals surface area contributed by atoms with Crippen LogP contribution in [-0.2, 0) is 20.7 Å². The van der Waals surface area contributed by atoms with E-state index in [1.807, 2.05) is 0 Å². The highest BCUT2D eigenvalue weighted by Crippen LogP contribution is 2.20. The third kappa shape index (κ3) is 7.71. The molecule has 1 atom stereocenters. The number of rotatable bonds is 7. The summed E-state index contributed by atoms with van der Waals surface area (Å²) >= 11 is 0. The number of nitrogens with one attached hydrogen (secondary N) is 1. The minimum Gasteiger partial charge on any atom is -0.493 e. The molecule has 0 unspecified atom stereocenters. The summed E-state index contributed by atoms with van der Waals surface area (Å²) in [6.45, 7) is 4.52. The first kappa shape index (κ1) is 21.7. The number of esters is 1. The Morgan fingerprint density at radius 1 is 1.31 bits per heavy atom. The number of carbonyl (C=O) groups is 2. The molecule has 1 aromatic rings. The Balaban J connectivity index is 2.89. The number of hydrogen-bond acceptors (Lipinski definition) is 7. The van der Waals surface area contributed by atoms with Gasteiger partial charge < -0.3 is 29.6 Å². The summed E-state index contributed by atoms with van der Waals surface area (Å²) in [7, 11) is -0.580. The number of alkyl carbamates (subject to hydrolysis) is 1. The number of methoxy groups -OCH3 is 1. The Hall–Kier alpha value is -2.33. The first-order valence-electron chi connectivity index (χ1n) is 7.86. The van der Waals surface area contributed by atoms with Crippen molar-refractivity contribution in [3.8, 4) is 5.75 Å². The van der Waals surface area contributed by atoms with Gasteiger partial charge in [0.25, 0.3) is 0 Å². The zero-order valence-corrected chi connectivity index (χ0v) is 15.1. The predicted molar refractivity (Wildman–Crippen MR) is 91.0 cm³/mol. The van der Waals surface area contributed by atoms with Crippen LogP contribution in [0.3, 0.4) is 0 Å². The molecule has 26 heavy (non-hydrogen) atoms. The fourth-order valence-corrected chi connectivity index (χ4v) is 1.97. The first-order chi connectivity index (χ1) is 12.0. The fourth-order valence-electron chi connectivity index (χ4n) is 1.97. The second-order valence-electron chi connectivity index (χ2n) is 6.48. The van der Waals surface area contributed by atoms with Crippen molar-refractivity contribution in [3.05, 3.63) is 29.6 Å². The van der Waals surface area contributed by atoms with Gasteiger partial charge in [0, 0.05) is 6.42 Å². The highest BCUT2D eigenvalue weighted by Gasteiger charge is 2.25. The monoisotopic (exact) mass is 371 g/mol. The third-order valence-electron chi connectivity index (χ3n) is 3.00. The van der Waals surface area contributed by atoms with Crippen LogP contribution in [0.1, 0.15) is 26.3 Å². The highest BCUT2D eigenvalue weighted by atomic mass is 19.1. The molecule has 0 aromatic heterocycles. The Kier molecular flexibility index (Phi) is 7.85. The van der Waals surface area contributed by atoms with Gasteiger partial charge in [-0.2, -0.15) is 0 Å². The van der Waals surface area contributed by atoms with Gasteiger partial charge in [0.15, 0.2) is 11.6 Å². The molecule has 0 aliphatic carbocycles. The van der Waals surface area contributed by atoms with Gasteiger partial charge in [-0.1, -0.05) is 6.07 Å². The van der Waals surface area contributed by atoms with Crippen molar-refractivity contribution in [3.63, 3.8) is 0 Å². The molecule has 0 aliphatic rings. The van der Waals surface area contributed by atoms with E-state index >= 15 is 0 Å². The van der Waals surface area contributed by atoms with Gasteiger partial charge in [0.1, 0.15) is 18.1 Å². The molecule has 144 valence electrons. The molecule has 0 fully saturated rings. The second-order valence-corrected chi connectivity index (χ2v) is 6.48. The highest BCUT2D eigenvalue weighted by molar-refractivity contribution is 6.40. The minimum absolute atomic E-state index is 0.00969. The second kappa shape index (κ2) is 9.39. The van der Waals surface area contributed by atoms with Crippen molar-refractivity contribution in [2.24, 2.45) is 0 Å². The van der Waals surface area contributed by atoms with E-state index in [0.717, 1.165) is 6.07 Å². The number of carbonyl (C=O) groups excluding carboxylic acids is 2. The largest absolute Gasteiger partial charge is 0.493 e. The lowest BCUT2D eigenvalue weighted by molar-refractivity contribution is -0.143. The molecule has 1 aromatic carbocycles. The van der Waals surface area contributed by atoms with Crippen LogP contribution in [0.25, 0.3) is 0 Å². The standard InChI is InChI=1S/C16H23BFNO7/c1-16(2,3)26-15(21)19-12(14(20)24-4)7-10-5-6-11(18)13(8-10)25-9-17(22)23/h5-6,8,12,22-23H,7,9H2,1-4H3,(H,19,21)/t12-/m0/s1. The summed E-state index contributed by atoms with van der Waals surface area (Å²) in [5, 5.41) is 20.0. The van der Waals surface area contributed by atoms with E-state index in [1.165, 1.54) is 19.2 Å². The number of halogens is 1. The van der Waals surface area contributed by atoms with E-state index < -0.39 is 43.1 Å². The molecule has 1 rings (SSSR count).